The van der Waals surface area contributed by atoms with Crippen LogP contribution < -0.4 is 5.32 Å². The molecule has 0 spiro atoms. The molecule has 2 aromatic rings. The van der Waals surface area contributed by atoms with Gasteiger partial charge in [0.25, 0.3) is 0 Å². The van der Waals surface area contributed by atoms with E-state index in [1.54, 1.807) is 25.3 Å². The highest BCUT2D eigenvalue weighted by Gasteiger charge is 2.35. The monoisotopic (exact) mass is 380 g/mol. The van der Waals surface area contributed by atoms with Gasteiger partial charge in [0, 0.05) is 11.6 Å². The largest absolute Gasteiger partial charge is 0.477 e. The van der Waals surface area contributed by atoms with E-state index in [9.17, 15) is 14.7 Å². The summed E-state index contributed by atoms with van der Waals surface area (Å²) < 4.78 is 6.97. The molecule has 3 rings (SSSR count). The molecule has 1 amide bonds. The zero-order valence-corrected chi connectivity index (χ0v) is 15.6. The number of rotatable bonds is 3. The minimum atomic E-state index is -1.07. The van der Waals surface area contributed by atoms with E-state index in [1.165, 1.54) is 12.3 Å². The van der Waals surface area contributed by atoms with E-state index in [-0.39, 0.29) is 23.1 Å². The van der Waals surface area contributed by atoms with Crippen molar-refractivity contribution >= 4 is 34.7 Å². The first kappa shape index (κ1) is 18.4. The maximum atomic E-state index is 12.2. The number of aromatic nitrogens is 3. The van der Waals surface area contributed by atoms with Gasteiger partial charge in [-0.2, -0.15) is 4.98 Å². The van der Waals surface area contributed by atoms with Gasteiger partial charge in [0.15, 0.2) is 0 Å². The number of nitrogens with one attached hydrogen (secondary N) is 1. The lowest BCUT2D eigenvalue weighted by atomic mass is 10.1. The lowest BCUT2D eigenvalue weighted by Gasteiger charge is -2.26. The van der Waals surface area contributed by atoms with Crippen molar-refractivity contribution in [3.8, 4) is 0 Å². The first-order valence-corrected chi connectivity index (χ1v) is 8.80. The van der Waals surface area contributed by atoms with E-state index in [0.29, 0.717) is 17.5 Å². The van der Waals surface area contributed by atoms with Gasteiger partial charge in [-0.05, 0) is 57.7 Å². The van der Waals surface area contributed by atoms with E-state index in [1.807, 2.05) is 0 Å². The molecule has 2 aromatic heterocycles. The topological polar surface area (TPSA) is 106 Å². The normalized spacial score (nSPS) is 20.3. The predicted molar refractivity (Wildman–Crippen MR) is 95.5 cm³/mol. The molecule has 0 saturated heterocycles. The molecule has 1 fully saturated rings. The van der Waals surface area contributed by atoms with Gasteiger partial charge in [-0.3, -0.25) is 0 Å². The molecule has 9 heteroatoms. The summed E-state index contributed by atoms with van der Waals surface area (Å²) in [5.74, 6) is -1.07. The highest BCUT2D eigenvalue weighted by Crippen LogP contribution is 2.35. The number of carboxylic acid groups (broad SMARTS) is 1. The SMILES string of the molecule is CC(C)(C)OC(=O)N[C@H]1CCC[C@@H]1n1c(C(=O)O)cc2cnc(Cl)nc21. The number of aromatic carboxylic acids is 1. The number of fused-ring (bicyclic) bond motifs is 1. The molecule has 0 bridgehead atoms. The third kappa shape index (κ3) is 3.75. The number of carboxylic acids is 1. The van der Waals surface area contributed by atoms with Gasteiger partial charge in [-0.15, -0.1) is 0 Å². The number of amides is 1. The Morgan fingerprint density at radius 1 is 1.38 bits per heavy atom. The maximum absolute atomic E-state index is 12.2. The average Bonchev–Trinajstić information content (AvgIpc) is 3.08. The highest BCUT2D eigenvalue weighted by atomic mass is 35.5. The maximum Gasteiger partial charge on any atom is 0.407 e. The second-order valence-electron chi connectivity index (χ2n) is 7.37. The van der Waals surface area contributed by atoms with E-state index < -0.39 is 17.7 Å². The van der Waals surface area contributed by atoms with Crippen molar-refractivity contribution in [1.82, 2.24) is 19.9 Å². The quantitative estimate of drug-likeness (QED) is 0.790. The minimum absolute atomic E-state index is 0.0448. The van der Waals surface area contributed by atoms with Crippen molar-refractivity contribution in [2.45, 2.75) is 57.7 Å². The van der Waals surface area contributed by atoms with Crippen LogP contribution in [0.25, 0.3) is 11.0 Å². The second-order valence-corrected chi connectivity index (χ2v) is 7.71. The molecule has 1 saturated carbocycles. The average molecular weight is 381 g/mol. The Hall–Kier alpha value is -2.35. The smallest absolute Gasteiger partial charge is 0.407 e. The molecule has 2 atom stereocenters. The van der Waals surface area contributed by atoms with Crippen molar-refractivity contribution < 1.29 is 19.4 Å². The molecular weight excluding hydrogens is 360 g/mol. The summed E-state index contributed by atoms with van der Waals surface area (Å²) in [5.41, 5.74) is -0.0598. The summed E-state index contributed by atoms with van der Waals surface area (Å²) in [6, 6.07) is 1.01. The lowest BCUT2D eigenvalue weighted by molar-refractivity contribution is 0.0494. The molecular formula is C17H21ClN4O4. The van der Waals surface area contributed by atoms with Gasteiger partial charge >= 0.3 is 12.1 Å². The zero-order chi connectivity index (χ0) is 19.1. The van der Waals surface area contributed by atoms with Crippen LogP contribution in [0.4, 0.5) is 4.79 Å². The molecule has 2 N–H and O–H groups in total. The first-order valence-electron chi connectivity index (χ1n) is 8.42. The fraction of sp³-hybridized carbons (Fsp3) is 0.529. The summed E-state index contributed by atoms with van der Waals surface area (Å²) in [6.45, 7) is 5.37. The van der Waals surface area contributed by atoms with Crippen LogP contribution in [0.15, 0.2) is 12.3 Å². The molecule has 140 valence electrons. The zero-order valence-electron chi connectivity index (χ0n) is 14.8. The summed E-state index contributed by atoms with van der Waals surface area (Å²) in [7, 11) is 0. The number of carbonyl (C=O) groups is 2. The molecule has 8 nitrogen and oxygen atoms in total. The molecule has 0 aliphatic heterocycles. The Balaban J connectivity index is 1.96. The van der Waals surface area contributed by atoms with Gasteiger partial charge in [0.2, 0.25) is 5.28 Å². The number of nitrogens with zero attached hydrogens (tertiary/aromatic N) is 3. The predicted octanol–water partition coefficient (Wildman–Crippen LogP) is 3.40. The van der Waals surface area contributed by atoms with E-state index in [2.05, 4.69) is 15.3 Å². The summed E-state index contributed by atoms with van der Waals surface area (Å²) in [4.78, 5) is 32.0. The molecule has 2 heterocycles. The fourth-order valence-electron chi connectivity index (χ4n) is 3.36. The third-order valence-corrected chi connectivity index (χ3v) is 4.46. The minimum Gasteiger partial charge on any atom is -0.477 e. The Bertz CT molecular complexity index is 858. The van der Waals surface area contributed by atoms with Crippen LogP contribution >= 0.6 is 11.6 Å². The Morgan fingerprint density at radius 2 is 2.12 bits per heavy atom. The van der Waals surface area contributed by atoms with Crippen molar-refractivity contribution in [3.63, 3.8) is 0 Å². The molecule has 1 aliphatic carbocycles. The summed E-state index contributed by atoms with van der Waals surface area (Å²) in [6.07, 6.45) is 3.27. The Kier molecular flexibility index (Phi) is 4.79. The van der Waals surface area contributed by atoms with Gasteiger partial charge in [-0.25, -0.2) is 14.6 Å². The van der Waals surface area contributed by atoms with E-state index >= 15 is 0 Å². The molecule has 26 heavy (non-hydrogen) atoms. The second kappa shape index (κ2) is 6.75. The first-order chi connectivity index (χ1) is 12.2. The number of alkyl carbamates (subject to hydrolysis) is 1. The van der Waals surface area contributed by atoms with Crippen LogP contribution in [0.2, 0.25) is 5.28 Å². The Labute approximate surface area is 155 Å². The number of hydrogen-bond acceptors (Lipinski definition) is 5. The fourth-order valence-corrected chi connectivity index (χ4v) is 3.49. The summed E-state index contributed by atoms with van der Waals surface area (Å²) >= 11 is 5.91. The molecule has 0 aromatic carbocycles. The number of carbonyl (C=O) groups excluding carboxylic acids is 1. The molecule has 1 aliphatic rings. The standard InChI is InChI=1S/C17H21ClN4O4/c1-17(2,3)26-16(25)20-10-5-4-6-11(10)22-12(14(23)24)7-9-8-19-15(18)21-13(9)22/h7-8,10-11H,4-6H2,1-3H3,(H,20,25)(H,23,24)/t10-,11-/m0/s1. The van der Waals surface area contributed by atoms with Gasteiger partial charge in [0.05, 0.1) is 12.1 Å². The van der Waals surface area contributed by atoms with Crippen molar-refractivity contribution in [2.24, 2.45) is 0 Å². The van der Waals surface area contributed by atoms with Crippen molar-refractivity contribution in [1.29, 1.82) is 0 Å². The highest BCUT2D eigenvalue weighted by molar-refractivity contribution is 6.28. The van der Waals surface area contributed by atoms with E-state index in [0.717, 1.165) is 12.8 Å². The van der Waals surface area contributed by atoms with Gasteiger partial charge < -0.3 is 19.7 Å². The van der Waals surface area contributed by atoms with Crippen LogP contribution in [-0.2, 0) is 4.74 Å². The number of hydrogen-bond donors (Lipinski definition) is 2. The van der Waals surface area contributed by atoms with E-state index in [4.69, 9.17) is 16.3 Å². The molecule has 0 unspecified atom stereocenters. The van der Waals surface area contributed by atoms with Gasteiger partial charge in [0.1, 0.15) is 16.9 Å². The number of halogens is 1. The van der Waals surface area contributed by atoms with Crippen LogP contribution in [0.1, 0.15) is 56.6 Å². The van der Waals surface area contributed by atoms with Crippen molar-refractivity contribution in [3.05, 3.63) is 23.2 Å². The van der Waals surface area contributed by atoms with Crippen LogP contribution in [0, 0.1) is 0 Å². The lowest BCUT2D eigenvalue weighted by Crippen LogP contribution is -2.41. The Morgan fingerprint density at radius 3 is 2.77 bits per heavy atom. The van der Waals surface area contributed by atoms with Crippen LogP contribution in [-0.4, -0.2) is 43.3 Å². The van der Waals surface area contributed by atoms with Crippen LogP contribution in [0.3, 0.4) is 0 Å². The van der Waals surface area contributed by atoms with Gasteiger partial charge in [-0.1, -0.05) is 0 Å². The van der Waals surface area contributed by atoms with Crippen molar-refractivity contribution in [2.75, 3.05) is 0 Å². The molecule has 0 radical (unpaired) electrons. The summed E-state index contributed by atoms with van der Waals surface area (Å²) in [5, 5.41) is 13.1. The third-order valence-electron chi connectivity index (χ3n) is 4.28. The number of ether oxygens (including phenoxy) is 1. The van der Waals surface area contributed by atoms with Crippen LogP contribution in [0.5, 0.6) is 0 Å².